The molecule has 1 aliphatic rings. The van der Waals surface area contributed by atoms with Gasteiger partial charge in [-0.15, -0.1) is 0 Å². The molecule has 2 rings (SSSR count). The van der Waals surface area contributed by atoms with Gasteiger partial charge in [0, 0.05) is 38.3 Å². The van der Waals surface area contributed by atoms with E-state index in [4.69, 9.17) is 5.73 Å². The Morgan fingerprint density at radius 2 is 2.21 bits per heavy atom. The Kier molecular flexibility index (Phi) is 4.24. The van der Waals surface area contributed by atoms with E-state index in [0.29, 0.717) is 13.0 Å². The minimum atomic E-state index is 0.152. The monoisotopic (exact) mass is 264 g/mol. The highest BCUT2D eigenvalue weighted by atomic mass is 16.2. The lowest BCUT2D eigenvalue weighted by Crippen LogP contribution is -2.45. The van der Waals surface area contributed by atoms with E-state index in [1.54, 1.807) is 0 Å². The molecule has 1 aromatic rings. The lowest BCUT2D eigenvalue weighted by molar-refractivity contribution is -0.132. The highest BCUT2D eigenvalue weighted by Gasteiger charge is 2.21. The average molecular weight is 264 g/mol. The Bertz CT molecular complexity index is 466. The summed E-state index contributed by atoms with van der Waals surface area (Å²) in [6.45, 7) is 5.63. The minimum absolute atomic E-state index is 0.152. The molecule has 1 amide bonds. The number of piperidine rings is 1. The van der Waals surface area contributed by atoms with E-state index >= 15 is 0 Å². The topological polar surface area (TPSA) is 64.2 Å². The molecule has 0 aromatic carbocycles. The van der Waals surface area contributed by atoms with Crippen LogP contribution in [-0.4, -0.2) is 39.7 Å². The number of aromatic nitrogens is 2. The van der Waals surface area contributed by atoms with Crippen molar-refractivity contribution in [3.63, 3.8) is 0 Å². The van der Waals surface area contributed by atoms with Gasteiger partial charge in [0.2, 0.25) is 5.91 Å². The SMILES string of the molecule is Cc1nn(C)c(C)c1CCC(=O)N1CCCC(N)C1. The number of aryl methyl sites for hydroxylation is 2. The molecule has 1 aromatic heterocycles. The van der Waals surface area contributed by atoms with Crippen molar-refractivity contribution in [3.05, 3.63) is 17.0 Å². The lowest BCUT2D eigenvalue weighted by atomic mass is 10.0. The summed E-state index contributed by atoms with van der Waals surface area (Å²) in [6, 6.07) is 0.152. The predicted molar refractivity (Wildman–Crippen MR) is 74.8 cm³/mol. The third-order valence-electron chi connectivity index (χ3n) is 4.06. The Morgan fingerprint density at radius 1 is 1.47 bits per heavy atom. The number of carbonyl (C=O) groups excluding carboxylic acids is 1. The molecule has 106 valence electrons. The largest absolute Gasteiger partial charge is 0.341 e. The second-order valence-electron chi connectivity index (χ2n) is 5.52. The maximum Gasteiger partial charge on any atom is 0.222 e. The van der Waals surface area contributed by atoms with Crippen LogP contribution in [0.25, 0.3) is 0 Å². The number of likely N-dealkylation sites (tertiary alicyclic amines) is 1. The molecular weight excluding hydrogens is 240 g/mol. The molecule has 1 unspecified atom stereocenters. The normalized spacial score (nSPS) is 19.8. The van der Waals surface area contributed by atoms with E-state index in [1.165, 1.54) is 5.56 Å². The van der Waals surface area contributed by atoms with Crippen molar-refractivity contribution < 1.29 is 4.79 Å². The van der Waals surface area contributed by atoms with Crippen LogP contribution in [0.15, 0.2) is 0 Å². The molecule has 19 heavy (non-hydrogen) atoms. The van der Waals surface area contributed by atoms with Gasteiger partial charge in [0.25, 0.3) is 0 Å². The summed E-state index contributed by atoms with van der Waals surface area (Å²) in [6.07, 6.45) is 3.39. The van der Waals surface area contributed by atoms with E-state index in [2.05, 4.69) is 12.0 Å². The van der Waals surface area contributed by atoms with Crippen LogP contribution in [0.1, 0.15) is 36.2 Å². The molecule has 0 spiro atoms. The molecule has 1 atom stereocenters. The summed E-state index contributed by atoms with van der Waals surface area (Å²) in [7, 11) is 1.94. The van der Waals surface area contributed by atoms with Gasteiger partial charge in [-0.1, -0.05) is 0 Å². The maximum atomic E-state index is 12.2. The van der Waals surface area contributed by atoms with E-state index in [9.17, 15) is 4.79 Å². The fourth-order valence-electron chi connectivity index (χ4n) is 2.81. The van der Waals surface area contributed by atoms with Gasteiger partial charge in [-0.25, -0.2) is 0 Å². The molecule has 0 saturated carbocycles. The van der Waals surface area contributed by atoms with Crippen LogP contribution in [0.3, 0.4) is 0 Å². The van der Waals surface area contributed by atoms with Gasteiger partial charge >= 0.3 is 0 Å². The molecule has 2 heterocycles. The zero-order chi connectivity index (χ0) is 14.0. The van der Waals surface area contributed by atoms with Gasteiger partial charge in [0.05, 0.1) is 5.69 Å². The maximum absolute atomic E-state index is 12.2. The van der Waals surface area contributed by atoms with Crippen LogP contribution < -0.4 is 5.73 Å². The van der Waals surface area contributed by atoms with Crippen molar-refractivity contribution in [2.24, 2.45) is 12.8 Å². The zero-order valence-corrected chi connectivity index (χ0v) is 12.1. The third kappa shape index (κ3) is 3.15. The summed E-state index contributed by atoms with van der Waals surface area (Å²) < 4.78 is 1.88. The van der Waals surface area contributed by atoms with Gasteiger partial charge in [-0.2, -0.15) is 5.10 Å². The van der Waals surface area contributed by atoms with Crippen molar-refractivity contribution in [2.75, 3.05) is 13.1 Å². The van der Waals surface area contributed by atoms with Crippen molar-refractivity contribution in [3.8, 4) is 0 Å². The van der Waals surface area contributed by atoms with Crippen LogP contribution in [0.2, 0.25) is 0 Å². The summed E-state index contributed by atoms with van der Waals surface area (Å²) >= 11 is 0. The first-order valence-corrected chi connectivity index (χ1v) is 7.01. The molecule has 0 radical (unpaired) electrons. The summed E-state index contributed by atoms with van der Waals surface area (Å²) in [4.78, 5) is 14.1. The summed E-state index contributed by atoms with van der Waals surface area (Å²) in [5.41, 5.74) is 9.30. The Balaban J connectivity index is 1.93. The summed E-state index contributed by atoms with van der Waals surface area (Å²) in [5, 5.41) is 4.38. The van der Waals surface area contributed by atoms with Gasteiger partial charge in [-0.05, 0) is 38.7 Å². The van der Waals surface area contributed by atoms with Crippen LogP contribution in [0.5, 0.6) is 0 Å². The summed E-state index contributed by atoms with van der Waals surface area (Å²) in [5.74, 6) is 0.220. The Morgan fingerprint density at radius 3 is 2.79 bits per heavy atom. The molecule has 0 bridgehead atoms. The standard InChI is InChI=1S/C14H24N4O/c1-10-13(11(2)17(3)16-10)6-7-14(19)18-8-4-5-12(15)9-18/h12H,4-9,15H2,1-3H3. The van der Waals surface area contributed by atoms with Crippen LogP contribution in [0.4, 0.5) is 0 Å². The van der Waals surface area contributed by atoms with Crippen LogP contribution in [0, 0.1) is 13.8 Å². The second-order valence-corrected chi connectivity index (χ2v) is 5.52. The number of rotatable bonds is 3. The molecule has 5 heteroatoms. The zero-order valence-electron chi connectivity index (χ0n) is 12.1. The molecule has 5 nitrogen and oxygen atoms in total. The fraction of sp³-hybridized carbons (Fsp3) is 0.714. The first-order valence-electron chi connectivity index (χ1n) is 7.01. The molecule has 1 aliphatic heterocycles. The van der Waals surface area contributed by atoms with Crippen LogP contribution >= 0.6 is 0 Å². The first-order chi connectivity index (χ1) is 8.99. The second kappa shape index (κ2) is 5.74. The van der Waals surface area contributed by atoms with E-state index in [0.717, 1.165) is 37.2 Å². The van der Waals surface area contributed by atoms with Gasteiger partial charge in [-0.3, -0.25) is 9.48 Å². The quantitative estimate of drug-likeness (QED) is 0.883. The molecule has 1 saturated heterocycles. The minimum Gasteiger partial charge on any atom is -0.341 e. The third-order valence-corrected chi connectivity index (χ3v) is 4.06. The lowest BCUT2D eigenvalue weighted by Gasteiger charge is -2.30. The van der Waals surface area contributed by atoms with Gasteiger partial charge in [0.15, 0.2) is 0 Å². The van der Waals surface area contributed by atoms with Crippen LogP contribution in [-0.2, 0) is 18.3 Å². The molecular formula is C14H24N4O. The molecule has 1 fully saturated rings. The number of nitrogens with two attached hydrogens (primary N) is 1. The average Bonchev–Trinajstić information content (AvgIpc) is 2.61. The number of amides is 1. The fourth-order valence-corrected chi connectivity index (χ4v) is 2.81. The van der Waals surface area contributed by atoms with Crippen molar-refractivity contribution in [1.82, 2.24) is 14.7 Å². The van der Waals surface area contributed by atoms with Crippen molar-refractivity contribution in [2.45, 2.75) is 45.6 Å². The van der Waals surface area contributed by atoms with Gasteiger partial charge < -0.3 is 10.6 Å². The predicted octanol–water partition coefficient (Wildman–Crippen LogP) is 0.919. The Hall–Kier alpha value is -1.36. The van der Waals surface area contributed by atoms with Crippen molar-refractivity contribution in [1.29, 1.82) is 0 Å². The number of hydrogen-bond donors (Lipinski definition) is 1. The van der Waals surface area contributed by atoms with E-state index in [1.807, 2.05) is 23.6 Å². The number of carbonyl (C=O) groups is 1. The first kappa shape index (κ1) is 14.1. The van der Waals surface area contributed by atoms with Crippen molar-refractivity contribution >= 4 is 5.91 Å². The number of hydrogen-bond acceptors (Lipinski definition) is 3. The highest BCUT2D eigenvalue weighted by Crippen LogP contribution is 2.16. The molecule has 2 N–H and O–H groups in total. The number of nitrogens with zero attached hydrogens (tertiary/aromatic N) is 3. The van der Waals surface area contributed by atoms with Gasteiger partial charge in [0.1, 0.15) is 0 Å². The van der Waals surface area contributed by atoms with E-state index in [-0.39, 0.29) is 11.9 Å². The molecule has 0 aliphatic carbocycles. The Labute approximate surface area is 114 Å². The van der Waals surface area contributed by atoms with E-state index < -0.39 is 0 Å². The highest BCUT2D eigenvalue weighted by molar-refractivity contribution is 5.76. The smallest absolute Gasteiger partial charge is 0.222 e.